The van der Waals surface area contributed by atoms with Crippen LogP contribution in [0.5, 0.6) is 5.75 Å². The number of benzene rings is 4. The molecule has 8 rings (SSSR count). The number of halogens is 3. The maximum Gasteiger partial charge on any atom is 0.246 e. The number of imide groups is 2. The van der Waals surface area contributed by atoms with Crippen LogP contribution in [0, 0.1) is 23.7 Å². The highest BCUT2D eigenvalue weighted by Gasteiger charge is 2.70. The van der Waals surface area contributed by atoms with Crippen molar-refractivity contribution in [1.29, 1.82) is 0 Å². The number of allylic oxidation sites excluding steroid dienone is 2. The predicted octanol–water partition coefficient (Wildman–Crippen LogP) is 7.72. The van der Waals surface area contributed by atoms with Crippen LogP contribution in [-0.4, -0.2) is 28.7 Å². The Morgan fingerprint density at radius 3 is 2.10 bits per heavy atom. The number of phenolic OH excluding ortho intramolecular Hbond substituents is 1. The third kappa shape index (κ3) is 4.34. The number of hydrogen-bond donors (Lipinski definition) is 1. The zero-order valence-corrected chi connectivity index (χ0v) is 27.5. The smallest absolute Gasteiger partial charge is 0.246 e. The molecule has 4 aromatic rings. The highest BCUT2D eigenvalue weighted by molar-refractivity contribution is 6.32. The van der Waals surface area contributed by atoms with Crippen LogP contribution in [0.25, 0.3) is 0 Å². The normalized spacial score (nSPS) is 27.9. The van der Waals surface area contributed by atoms with Crippen LogP contribution < -0.4 is 9.80 Å². The fourth-order valence-electron chi connectivity index (χ4n) is 8.69. The van der Waals surface area contributed by atoms with Crippen molar-refractivity contribution in [2.45, 2.75) is 24.2 Å². The summed E-state index contributed by atoms with van der Waals surface area (Å²) >= 11 is 19.0. The van der Waals surface area contributed by atoms with Crippen LogP contribution in [0.15, 0.2) is 109 Å². The topological polar surface area (TPSA) is 95.0 Å². The number of amides is 4. The van der Waals surface area contributed by atoms with Crippen molar-refractivity contribution in [3.63, 3.8) is 0 Å². The van der Waals surface area contributed by atoms with Crippen LogP contribution in [0.3, 0.4) is 0 Å². The molecule has 240 valence electrons. The lowest BCUT2D eigenvalue weighted by Gasteiger charge is -2.50. The minimum atomic E-state index is -1.51. The summed E-state index contributed by atoms with van der Waals surface area (Å²) in [7, 11) is 0. The number of anilines is 2. The number of rotatable bonds is 4. The second-order valence-corrected chi connectivity index (χ2v) is 14.1. The first-order valence-corrected chi connectivity index (χ1v) is 16.8. The average Bonchev–Trinajstić information content (AvgIpc) is 3.47. The van der Waals surface area contributed by atoms with Crippen molar-refractivity contribution in [1.82, 2.24) is 0 Å². The van der Waals surface area contributed by atoms with Crippen molar-refractivity contribution < 1.29 is 24.3 Å². The van der Waals surface area contributed by atoms with Crippen molar-refractivity contribution in [3.8, 4) is 5.75 Å². The van der Waals surface area contributed by atoms with Gasteiger partial charge < -0.3 is 5.11 Å². The highest BCUT2D eigenvalue weighted by atomic mass is 35.5. The molecular weight excluding hydrogens is 671 g/mol. The minimum absolute atomic E-state index is 0.0970. The molecule has 1 N–H and O–H groups in total. The lowest BCUT2D eigenvalue weighted by atomic mass is 9.49. The van der Waals surface area contributed by atoms with Crippen LogP contribution >= 0.6 is 34.8 Å². The third-order valence-electron chi connectivity index (χ3n) is 10.6. The summed E-state index contributed by atoms with van der Waals surface area (Å²) in [5.74, 6) is -5.56. The highest BCUT2D eigenvalue weighted by Crippen LogP contribution is 2.65. The maximum absolute atomic E-state index is 15.2. The van der Waals surface area contributed by atoms with Crippen LogP contribution in [0.2, 0.25) is 15.1 Å². The summed E-state index contributed by atoms with van der Waals surface area (Å²) in [5, 5.41) is 12.6. The molecule has 7 nitrogen and oxygen atoms in total. The van der Waals surface area contributed by atoms with Gasteiger partial charge in [-0.2, -0.15) is 0 Å². The van der Waals surface area contributed by atoms with E-state index >= 15 is 4.79 Å². The van der Waals surface area contributed by atoms with E-state index in [0.29, 0.717) is 37.6 Å². The number of carbonyl (C=O) groups is 4. The van der Waals surface area contributed by atoms with Gasteiger partial charge in [-0.3, -0.25) is 24.1 Å². The van der Waals surface area contributed by atoms with E-state index in [1.165, 1.54) is 15.9 Å². The van der Waals surface area contributed by atoms with Gasteiger partial charge in [0.05, 0.1) is 34.5 Å². The molecule has 3 fully saturated rings. The standard InChI is InChI=1S/C38H27Cl3N2O5/c39-21-9-12-24(13-10-21)42-34(45)27-15-14-26-28(32(27)36(42)47)19-30-35(46)43(25-8-4-7-22(40)17-25)37(48)38(30,20-5-2-1-3-6-20)33(26)29-18-23(41)11-16-31(29)44/h1-14,16-18,27-28,30,32-33,44H,15,19H2/t27-,28+,30-,32-,33+,38+/m0/s1. The molecule has 0 spiro atoms. The summed E-state index contributed by atoms with van der Waals surface area (Å²) in [4.78, 5) is 60.7. The van der Waals surface area contributed by atoms with Crippen molar-refractivity contribution in [2.75, 3.05) is 9.80 Å². The molecule has 4 aliphatic rings. The van der Waals surface area contributed by atoms with E-state index in [1.807, 2.05) is 36.4 Å². The summed E-state index contributed by atoms with van der Waals surface area (Å²) in [6.07, 6.45) is 2.32. The molecule has 2 saturated heterocycles. The molecule has 0 unspecified atom stereocenters. The zero-order valence-electron chi connectivity index (χ0n) is 25.2. The Hall–Kier alpha value is -4.43. The third-order valence-corrected chi connectivity index (χ3v) is 11.3. The van der Waals surface area contributed by atoms with E-state index < -0.39 is 46.8 Å². The maximum atomic E-state index is 15.2. The van der Waals surface area contributed by atoms with Crippen molar-refractivity contribution >= 4 is 69.8 Å². The number of hydrogen-bond acceptors (Lipinski definition) is 5. The van der Waals surface area contributed by atoms with Gasteiger partial charge in [-0.15, -0.1) is 0 Å². The Bertz CT molecular complexity index is 2070. The fourth-order valence-corrected chi connectivity index (χ4v) is 9.18. The molecule has 4 aromatic carbocycles. The van der Waals surface area contributed by atoms with E-state index in [4.69, 9.17) is 34.8 Å². The molecule has 6 atom stereocenters. The minimum Gasteiger partial charge on any atom is -0.508 e. The van der Waals surface area contributed by atoms with Crippen LogP contribution in [0.4, 0.5) is 11.4 Å². The Labute approximate surface area is 291 Å². The molecule has 48 heavy (non-hydrogen) atoms. The fraction of sp³-hybridized carbons (Fsp3) is 0.211. The first-order chi connectivity index (χ1) is 23.1. The van der Waals surface area contributed by atoms with Crippen LogP contribution in [0.1, 0.15) is 29.9 Å². The summed E-state index contributed by atoms with van der Waals surface area (Å²) in [6.45, 7) is 0. The molecule has 1 saturated carbocycles. The van der Waals surface area contributed by atoms with E-state index in [2.05, 4.69) is 0 Å². The summed E-state index contributed by atoms with van der Waals surface area (Å²) in [6, 6.07) is 26.9. The van der Waals surface area contributed by atoms with Gasteiger partial charge in [-0.05, 0) is 85.0 Å². The van der Waals surface area contributed by atoms with E-state index in [-0.39, 0.29) is 30.4 Å². The number of carbonyl (C=O) groups excluding carboxylic acids is 4. The van der Waals surface area contributed by atoms with E-state index in [9.17, 15) is 19.5 Å². The number of aromatic hydroxyl groups is 1. The molecule has 2 aliphatic carbocycles. The number of phenols is 1. The Morgan fingerprint density at radius 1 is 0.667 bits per heavy atom. The molecule has 0 radical (unpaired) electrons. The van der Waals surface area contributed by atoms with Gasteiger partial charge in [0.15, 0.2) is 0 Å². The lowest BCUT2D eigenvalue weighted by molar-refractivity contribution is -0.127. The van der Waals surface area contributed by atoms with E-state index in [0.717, 1.165) is 5.57 Å². The van der Waals surface area contributed by atoms with E-state index in [1.54, 1.807) is 60.7 Å². The predicted molar refractivity (Wildman–Crippen MR) is 183 cm³/mol. The van der Waals surface area contributed by atoms with Crippen molar-refractivity contribution in [2.24, 2.45) is 23.7 Å². The van der Waals surface area contributed by atoms with Gasteiger partial charge in [-0.25, -0.2) is 4.90 Å². The Kier molecular flexibility index (Phi) is 7.29. The summed E-state index contributed by atoms with van der Waals surface area (Å²) < 4.78 is 0. The zero-order chi connectivity index (χ0) is 33.5. The Balaban J connectivity index is 1.36. The molecule has 10 heteroatoms. The van der Waals surface area contributed by atoms with Crippen molar-refractivity contribution in [3.05, 3.63) is 135 Å². The lowest BCUT2D eigenvalue weighted by Crippen LogP contribution is -2.53. The SMILES string of the molecule is O=C1[C@H]2[C@H](CC=C3[C@H]2C[C@H]2C(=O)N(c4cccc(Cl)c4)C(=O)[C@@]2(c2ccccc2)[C@H]3c2cc(Cl)ccc2O)C(=O)N1c1ccc(Cl)cc1. The average molecular weight is 698 g/mol. The van der Waals surface area contributed by atoms with Gasteiger partial charge in [0.1, 0.15) is 5.75 Å². The first-order valence-electron chi connectivity index (χ1n) is 15.6. The summed E-state index contributed by atoms with van der Waals surface area (Å²) in [5.41, 5.74) is 0.920. The van der Waals surface area contributed by atoms with Gasteiger partial charge in [-0.1, -0.05) is 82.9 Å². The second-order valence-electron chi connectivity index (χ2n) is 12.8. The van der Waals surface area contributed by atoms with Gasteiger partial charge in [0, 0.05) is 26.5 Å². The molecular formula is C38H27Cl3N2O5. The Morgan fingerprint density at radius 2 is 1.38 bits per heavy atom. The first kappa shape index (κ1) is 30.9. The second kappa shape index (κ2) is 11.3. The largest absolute Gasteiger partial charge is 0.508 e. The quantitative estimate of drug-likeness (QED) is 0.174. The molecule has 2 aliphatic heterocycles. The molecule has 0 aromatic heterocycles. The van der Waals surface area contributed by atoms with Gasteiger partial charge in [0.2, 0.25) is 23.6 Å². The van der Waals surface area contributed by atoms with Crippen LogP contribution in [-0.2, 0) is 24.6 Å². The number of nitrogens with zero attached hydrogens (tertiary/aromatic N) is 2. The monoisotopic (exact) mass is 696 g/mol. The van der Waals surface area contributed by atoms with Gasteiger partial charge >= 0.3 is 0 Å². The molecule has 4 amide bonds. The number of fused-ring (bicyclic) bond motifs is 4. The molecule has 0 bridgehead atoms. The molecule has 2 heterocycles. The van der Waals surface area contributed by atoms with Gasteiger partial charge in [0.25, 0.3) is 0 Å².